The molecular formula is C13H14BrN3S. The molecule has 0 saturated heterocycles. The lowest BCUT2D eigenvalue weighted by atomic mass is 10.2. The van der Waals surface area contributed by atoms with Crippen LogP contribution in [0.4, 0.5) is 5.69 Å². The highest BCUT2D eigenvalue weighted by Gasteiger charge is 2.08. The van der Waals surface area contributed by atoms with Crippen molar-refractivity contribution < 1.29 is 0 Å². The summed E-state index contributed by atoms with van der Waals surface area (Å²) in [5.41, 5.74) is 9.85. The Morgan fingerprint density at radius 1 is 1.11 bits per heavy atom. The first-order valence-electron chi connectivity index (χ1n) is 5.52. The van der Waals surface area contributed by atoms with Gasteiger partial charge in [0.05, 0.1) is 0 Å². The van der Waals surface area contributed by atoms with Crippen LogP contribution in [-0.4, -0.2) is 9.97 Å². The molecular weight excluding hydrogens is 310 g/mol. The molecule has 0 aliphatic carbocycles. The molecule has 0 aliphatic rings. The summed E-state index contributed by atoms with van der Waals surface area (Å²) in [6.45, 7) is 6.03. The van der Waals surface area contributed by atoms with Crippen LogP contribution < -0.4 is 5.73 Å². The third kappa shape index (κ3) is 2.84. The van der Waals surface area contributed by atoms with E-state index in [2.05, 4.69) is 25.9 Å². The minimum absolute atomic E-state index is 0.736. The van der Waals surface area contributed by atoms with Crippen LogP contribution in [0.3, 0.4) is 0 Å². The lowest BCUT2D eigenvalue weighted by Gasteiger charge is -2.08. The van der Waals surface area contributed by atoms with Crippen LogP contribution in [0.2, 0.25) is 0 Å². The molecule has 94 valence electrons. The van der Waals surface area contributed by atoms with Crippen LogP contribution in [0.5, 0.6) is 0 Å². The summed E-state index contributed by atoms with van der Waals surface area (Å²) in [5.74, 6) is 0. The molecule has 0 radical (unpaired) electrons. The Bertz CT molecular complexity index is 576. The predicted octanol–water partition coefficient (Wildman–Crippen LogP) is 3.90. The molecule has 2 rings (SSSR count). The van der Waals surface area contributed by atoms with Gasteiger partial charge in [0.1, 0.15) is 0 Å². The molecule has 0 amide bonds. The van der Waals surface area contributed by atoms with E-state index in [0.29, 0.717) is 0 Å². The van der Waals surface area contributed by atoms with Crippen LogP contribution in [0.1, 0.15) is 17.0 Å². The number of nitrogens with zero attached hydrogens (tertiary/aromatic N) is 2. The van der Waals surface area contributed by atoms with Crippen molar-refractivity contribution in [2.24, 2.45) is 0 Å². The van der Waals surface area contributed by atoms with E-state index in [-0.39, 0.29) is 0 Å². The molecule has 0 fully saturated rings. The van der Waals surface area contributed by atoms with Gasteiger partial charge in [0.15, 0.2) is 5.16 Å². The van der Waals surface area contributed by atoms with Crippen LogP contribution in [-0.2, 0) is 0 Å². The molecule has 0 spiro atoms. The maximum atomic E-state index is 5.95. The Morgan fingerprint density at radius 2 is 1.72 bits per heavy atom. The second kappa shape index (κ2) is 5.28. The van der Waals surface area contributed by atoms with Crippen molar-refractivity contribution in [2.45, 2.75) is 30.8 Å². The number of nitrogens with two attached hydrogens (primary N) is 1. The molecule has 5 heteroatoms. The minimum atomic E-state index is 0.736. The minimum Gasteiger partial charge on any atom is -0.398 e. The zero-order valence-corrected chi connectivity index (χ0v) is 12.9. The van der Waals surface area contributed by atoms with Crippen molar-refractivity contribution in [2.75, 3.05) is 5.73 Å². The lowest BCUT2D eigenvalue weighted by molar-refractivity contribution is 0.881. The van der Waals surface area contributed by atoms with Crippen molar-refractivity contribution in [1.29, 1.82) is 0 Å². The smallest absolute Gasteiger partial charge is 0.192 e. The van der Waals surface area contributed by atoms with Crippen molar-refractivity contribution in [3.8, 4) is 0 Å². The van der Waals surface area contributed by atoms with Gasteiger partial charge in [-0.25, -0.2) is 9.97 Å². The van der Waals surface area contributed by atoms with Crippen molar-refractivity contribution in [1.82, 2.24) is 9.97 Å². The standard InChI is InChI=1S/C13H14BrN3S/c1-7-8(2)16-13(17-9(7)3)18-12-6-10(14)4-5-11(12)15/h4-6H,15H2,1-3H3. The Labute approximate surface area is 119 Å². The summed E-state index contributed by atoms with van der Waals surface area (Å²) in [6, 6.07) is 5.78. The van der Waals surface area contributed by atoms with E-state index in [1.807, 2.05) is 39.0 Å². The SMILES string of the molecule is Cc1nc(Sc2cc(Br)ccc2N)nc(C)c1C. The summed E-state index contributed by atoms with van der Waals surface area (Å²) < 4.78 is 1.000. The van der Waals surface area contributed by atoms with Crippen LogP contribution in [0, 0.1) is 20.8 Å². The first kappa shape index (κ1) is 13.4. The van der Waals surface area contributed by atoms with E-state index in [9.17, 15) is 0 Å². The first-order chi connectivity index (χ1) is 8.47. The Morgan fingerprint density at radius 3 is 2.33 bits per heavy atom. The normalized spacial score (nSPS) is 10.7. The fourth-order valence-electron chi connectivity index (χ4n) is 1.48. The molecule has 0 bridgehead atoms. The van der Waals surface area contributed by atoms with Gasteiger partial charge < -0.3 is 5.73 Å². The quantitative estimate of drug-likeness (QED) is 0.672. The molecule has 3 nitrogen and oxygen atoms in total. The van der Waals surface area contributed by atoms with E-state index in [4.69, 9.17) is 5.73 Å². The van der Waals surface area contributed by atoms with Crippen molar-refractivity contribution in [3.63, 3.8) is 0 Å². The number of rotatable bonds is 2. The van der Waals surface area contributed by atoms with Crippen molar-refractivity contribution in [3.05, 3.63) is 39.6 Å². The van der Waals surface area contributed by atoms with Gasteiger partial charge in [-0.05, 0) is 56.3 Å². The number of hydrogen-bond acceptors (Lipinski definition) is 4. The van der Waals surface area contributed by atoms with Crippen LogP contribution >= 0.6 is 27.7 Å². The van der Waals surface area contributed by atoms with E-state index >= 15 is 0 Å². The highest BCUT2D eigenvalue weighted by Crippen LogP contribution is 2.32. The molecule has 1 aromatic heterocycles. The van der Waals surface area contributed by atoms with Gasteiger partial charge >= 0.3 is 0 Å². The fourth-order valence-corrected chi connectivity index (χ4v) is 2.93. The molecule has 18 heavy (non-hydrogen) atoms. The van der Waals surface area contributed by atoms with Crippen molar-refractivity contribution >= 4 is 33.4 Å². The van der Waals surface area contributed by atoms with Crippen LogP contribution in [0.25, 0.3) is 0 Å². The third-order valence-corrected chi connectivity index (χ3v) is 4.22. The van der Waals surface area contributed by atoms with E-state index < -0.39 is 0 Å². The van der Waals surface area contributed by atoms with Gasteiger partial charge in [-0.1, -0.05) is 15.9 Å². The fraction of sp³-hybridized carbons (Fsp3) is 0.231. The van der Waals surface area contributed by atoms with Gasteiger partial charge in [0.25, 0.3) is 0 Å². The second-order valence-electron chi connectivity index (χ2n) is 4.09. The third-order valence-electron chi connectivity index (χ3n) is 2.79. The van der Waals surface area contributed by atoms with Gasteiger partial charge in [-0.2, -0.15) is 0 Å². The molecule has 1 heterocycles. The highest BCUT2D eigenvalue weighted by molar-refractivity contribution is 9.10. The molecule has 2 N–H and O–H groups in total. The molecule has 0 saturated carbocycles. The lowest BCUT2D eigenvalue weighted by Crippen LogP contribution is -1.98. The molecule has 0 unspecified atom stereocenters. The van der Waals surface area contributed by atoms with Gasteiger partial charge in [-0.3, -0.25) is 0 Å². The number of nitrogen functional groups attached to an aromatic ring is 1. The van der Waals surface area contributed by atoms with Gasteiger partial charge in [-0.15, -0.1) is 0 Å². The number of anilines is 1. The summed E-state index contributed by atoms with van der Waals surface area (Å²) in [5, 5.41) is 0.736. The largest absolute Gasteiger partial charge is 0.398 e. The van der Waals surface area contributed by atoms with E-state index in [0.717, 1.165) is 37.2 Å². The number of aromatic nitrogens is 2. The van der Waals surface area contributed by atoms with Gasteiger partial charge in [0, 0.05) is 26.4 Å². The highest BCUT2D eigenvalue weighted by atomic mass is 79.9. The second-order valence-corrected chi connectivity index (χ2v) is 6.01. The molecule has 0 aliphatic heterocycles. The molecule has 1 aromatic carbocycles. The van der Waals surface area contributed by atoms with E-state index in [1.165, 1.54) is 11.8 Å². The Hall–Kier alpha value is -1.07. The maximum Gasteiger partial charge on any atom is 0.192 e. The summed E-state index contributed by atoms with van der Waals surface area (Å²) in [6.07, 6.45) is 0. The van der Waals surface area contributed by atoms with Crippen LogP contribution in [0.15, 0.2) is 32.7 Å². The Kier molecular flexibility index (Phi) is 3.92. The zero-order chi connectivity index (χ0) is 13.3. The average molecular weight is 324 g/mol. The number of benzene rings is 1. The number of aryl methyl sites for hydroxylation is 2. The number of hydrogen-bond donors (Lipinski definition) is 1. The molecule has 2 aromatic rings. The molecule has 0 atom stereocenters. The van der Waals surface area contributed by atoms with Gasteiger partial charge in [0.2, 0.25) is 0 Å². The summed E-state index contributed by atoms with van der Waals surface area (Å²) in [7, 11) is 0. The van der Waals surface area contributed by atoms with E-state index in [1.54, 1.807) is 0 Å². The predicted molar refractivity (Wildman–Crippen MR) is 78.9 cm³/mol. The maximum absolute atomic E-state index is 5.95. The summed E-state index contributed by atoms with van der Waals surface area (Å²) in [4.78, 5) is 9.93. The first-order valence-corrected chi connectivity index (χ1v) is 7.13. The number of halogens is 1. The zero-order valence-electron chi connectivity index (χ0n) is 10.5. The average Bonchev–Trinajstić information content (AvgIpc) is 2.31. The monoisotopic (exact) mass is 323 g/mol. The Balaban J connectivity index is 2.37. The summed E-state index contributed by atoms with van der Waals surface area (Å²) >= 11 is 4.93. The topological polar surface area (TPSA) is 51.8 Å².